The van der Waals surface area contributed by atoms with E-state index in [1.165, 1.54) is 6.20 Å². The van der Waals surface area contributed by atoms with Gasteiger partial charge in [0.05, 0.1) is 22.2 Å². The zero-order valence-corrected chi connectivity index (χ0v) is 22.3. The third-order valence-electron chi connectivity index (χ3n) is 6.37. The van der Waals surface area contributed by atoms with Crippen LogP contribution < -0.4 is 0 Å². The van der Waals surface area contributed by atoms with Crippen LogP contribution in [0, 0.1) is 5.41 Å². The van der Waals surface area contributed by atoms with Crippen LogP contribution in [0.25, 0.3) is 0 Å². The number of halogens is 2. The largest absolute Gasteiger partial charge is 0.458 e. The maximum Gasteiger partial charge on any atom is 0.329 e. The summed E-state index contributed by atoms with van der Waals surface area (Å²) in [6.07, 6.45) is 3.05. The van der Waals surface area contributed by atoms with Gasteiger partial charge < -0.3 is 14.4 Å². The quantitative estimate of drug-likeness (QED) is 0.324. The van der Waals surface area contributed by atoms with Crippen molar-refractivity contribution in [2.75, 3.05) is 0 Å². The molecule has 0 aliphatic carbocycles. The number of ether oxygens (including phenoxy) is 1. The first kappa shape index (κ1) is 27.2. The minimum absolute atomic E-state index is 0.0327. The van der Waals surface area contributed by atoms with Gasteiger partial charge in [-0.15, -0.1) is 0 Å². The number of carbonyl (C=O) groups is 3. The number of esters is 1. The van der Waals surface area contributed by atoms with Crippen LogP contribution >= 0.6 is 23.2 Å². The van der Waals surface area contributed by atoms with Gasteiger partial charge in [-0.2, -0.15) is 0 Å². The van der Waals surface area contributed by atoms with E-state index < -0.39 is 29.1 Å². The standard InChI is InChI=1S/C27H32Cl2N2O4/c1-6-22(24(33)35-26(2,3)4)31-23(21-11-10-19(29)16-30-21)20(17-8-7-9-18(28)14-17)15-27(5,12-13-32)25(31)34/h7-11,13-14,16,20,22-23H,6,12,15H2,1-5H3/t20-,22+,23+,27+/m1/s1. The average Bonchev–Trinajstić information content (AvgIpc) is 2.77. The molecule has 1 aromatic heterocycles. The van der Waals surface area contributed by atoms with Crippen molar-refractivity contribution in [3.63, 3.8) is 0 Å². The smallest absolute Gasteiger partial charge is 0.329 e. The summed E-state index contributed by atoms with van der Waals surface area (Å²) < 4.78 is 5.72. The van der Waals surface area contributed by atoms with Gasteiger partial charge in [-0.3, -0.25) is 9.78 Å². The number of hydrogen-bond acceptors (Lipinski definition) is 5. The fraction of sp³-hybridized carbons (Fsp3) is 0.481. The van der Waals surface area contributed by atoms with E-state index in [4.69, 9.17) is 27.9 Å². The Kier molecular flexibility index (Phi) is 8.28. The maximum absolute atomic E-state index is 14.1. The Labute approximate surface area is 217 Å². The van der Waals surface area contributed by atoms with E-state index in [2.05, 4.69) is 4.98 Å². The van der Waals surface area contributed by atoms with Crippen molar-refractivity contribution in [3.05, 3.63) is 63.9 Å². The van der Waals surface area contributed by atoms with Crippen molar-refractivity contribution in [2.45, 2.75) is 77.5 Å². The Morgan fingerprint density at radius 3 is 2.51 bits per heavy atom. The summed E-state index contributed by atoms with van der Waals surface area (Å²) in [6.45, 7) is 8.99. The van der Waals surface area contributed by atoms with Crippen LogP contribution in [0.2, 0.25) is 10.0 Å². The number of amides is 1. The number of piperidine rings is 1. The Bertz CT molecular complexity index is 1080. The summed E-state index contributed by atoms with van der Waals surface area (Å²) in [4.78, 5) is 45.3. The molecule has 188 valence electrons. The number of aromatic nitrogens is 1. The Hall–Kier alpha value is -2.44. The van der Waals surface area contributed by atoms with Gasteiger partial charge >= 0.3 is 5.97 Å². The van der Waals surface area contributed by atoms with Crippen LogP contribution in [-0.4, -0.2) is 39.7 Å². The van der Waals surface area contributed by atoms with E-state index in [0.717, 1.165) is 11.8 Å². The van der Waals surface area contributed by atoms with Crippen LogP contribution in [0.15, 0.2) is 42.6 Å². The molecule has 1 saturated heterocycles. The Balaban J connectivity index is 2.24. The lowest BCUT2D eigenvalue weighted by Gasteiger charge is -2.50. The highest BCUT2D eigenvalue weighted by Gasteiger charge is 2.53. The van der Waals surface area contributed by atoms with Gasteiger partial charge in [0.25, 0.3) is 0 Å². The molecule has 0 radical (unpaired) electrons. The number of hydrogen-bond donors (Lipinski definition) is 0. The van der Waals surface area contributed by atoms with Crippen molar-refractivity contribution in [3.8, 4) is 0 Å². The summed E-state index contributed by atoms with van der Waals surface area (Å²) in [7, 11) is 0. The molecule has 8 heteroatoms. The highest BCUT2D eigenvalue weighted by molar-refractivity contribution is 6.30. The molecule has 35 heavy (non-hydrogen) atoms. The molecule has 1 aromatic carbocycles. The molecule has 1 aliphatic rings. The monoisotopic (exact) mass is 518 g/mol. The fourth-order valence-electron chi connectivity index (χ4n) is 4.80. The van der Waals surface area contributed by atoms with E-state index in [9.17, 15) is 14.4 Å². The Morgan fingerprint density at radius 1 is 1.26 bits per heavy atom. The highest BCUT2D eigenvalue weighted by Crippen LogP contribution is 2.51. The average molecular weight is 519 g/mol. The molecule has 6 nitrogen and oxygen atoms in total. The summed E-state index contributed by atoms with van der Waals surface area (Å²) in [5.41, 5.74) is -0.237. The minimum atomic E-state index is -1.01. The third kappa shape index (κ3) is 6.04. The van der Waals surface area contributed by atoms with E-state index in [0.29, 0.717) is 28.6 Å². The van der Waals surface area contributed by atoms with Gasteiger partial charge in [-0.1, -0.05) is 49.2 Å². The molecule has 0 spiro atoms. The molecule has 0 bridgehead atoms. The van der Waals surface area contributed by atoms with Gasteiger partial charge in [0.2, 0.25) is 5.91 Å². The normalized spacial score (nSPS) is 23.6. The number of pyridine rings is 1. The minimum Gasteiger partial charge on any atom is -0.458 e. The summed E-state index contributed by atoms with van der Waals surface area (Å²) in [5.74, 6) is -1.05. The third-order valence-corrected chi connectivity index (χ3v) is 6.83. The van der Waals surface area contributed by atoms with E-state index in [-0.39, 0.29) is 18.2 Å². The molecule has 0 unspecified atom stereocenters. The SMILES string of the molecule is CC[C@@H](C(=O)OC(C)(C)C)N1C(=O)[C@@](C)(CC=O)C[C@H](c2cccc(Cl)c2)[C@H]1c1ccc(Cl)cn1. The van der Waals surface area contributed by atoms with Gasteiger partial charge in [0, 0.05) is 23.6 Å². The van der Waals surface area contributed by atoms with Crippen LogP contribution in [0.1, 0.15) is 77.1 Å². The van der Waals surface area contributed by atoms with Gasteiger partial charge in [0.15, 0.2) is 0 Å². The summed E-state index contributed by atoms with van der Waals surface area (Å²) in [5, 5.41) is 1.02. The van der Waals surface area contributed by atoms with Crippen molar-refractivity contribution in [1.82, 2.24) is 9.88 Å². The number of carbonyl (C=O) groups excluding carboxylic acids is 3. The van der Waals surface area contributed by atoms with Crippen molar-refractivity contribution in [2.24, 2.45) is 5.41 Å². The molecule has 1 amide bonds. The zero-order valence-electron chi connectivity index (χ0n) is 20.8. The van der Waals surface area contributed by atoms with Gasteiger partial charge in [-0.25, -0.2) is 4.79 Å². The number of likely N-dealkylation sites (tertiary alicyclic amines) is 1. The summed E-state index contributed by atoms with van der Waals surface area (Å²) >= 11 is 12.5. The second-order valence-electron chi connectivity index (χ2n) is 10.3. The fourth-order valence-corrected chi connectivity index (χ4v) is 5.11. The lowest BCUT2D eigenvalue weighted by Crippen LogP contribution is -2.58. The zero-order chi connectivity index (χ0) is 26.0. The number of aldehydes is 1. The predicted octanol–water partition coefficient (Wildman–Crippen LogP) is 6.16. The lowest BCUT2D eigenvalue weighted by molar-refractivity contribution is -0.174. The molecule has 0 saturated carbocycles. The van der Waals surface area contributed by atoms with Crippen molar-refractivity contribution < 1.29 is 19.1 Å². The van der Waals surface area contributed by atoms with Crippen LogP contribution in [0.4, 0.5) is 0 Å². The van der Waals surface area contributed by atoms with Crippen LogP contribution in [0.5, 0.6) is 0 Å². The van der Waals surface area contributed by atoms with Gasteiger partial charge in [-0.05, 0) is 63.4 Å². The highest BCUT2D eigenvalue weighted by atomic mass is 35.5. The first-order chi connectivity index (χ1) is 16.4. The Morgan fingerprint density at radius 2 is 1.97 bits per heavy atom. The van der Waals surface area contributed by atoms with E-state index in [1.807, 2.05) is 25.1 Å². The van der Waals surface area contributed by atoms with Crippen LogP contribution in [-0.2, 0) is 19.1 Å². The molecule has 1 aliphatic heterocycles. The first-order valence-electron chi connectivity index (χ1n) is 11.8. The lowest BCUT2D eigenvalue weighted by atomic mass is 9.67. The second-order valence-corrected chi connectivity index (χ2v) is 11.2. The molecule has 2 heterocycles. The first-order valence-corrected chi connectivity index (χ1v) is 12.5. The molecule has 4 atom stereocenters. The van der Waals surface area contributed by atoms with Crippen molar-refractivity contribution >= 4 is 41.4 Å². The number of nitrogens with zero attached hydrogens (tertiary/aromatic N) is 2. The number of rotatable bonds is 7. The molecule has 0 N–H and O–H groups in total. The topological polar surface area (TPSA) is 76.6 Å². The predicted molar refractivity (Wildman–Crippen MR) is 136 cm³/mol. The maximum atomic E-state index is 14.1. The van der Waals surface area contributed by atoms with Crippen molar-refractivity contribution in [1.29, 1.82) is 0 Å². The van der Waals surface area contributed by atoms with E-state index in [1.54, 1.807) is 50.8 Å². The molecule has 1 fully saturated rings. The molecular formula is C27H32Cl2N2O4. The molecule has 3 rings (SSSR count). The molecule has 2 aromatic rings. The molecular weight excluding hydrogens is 487 g/mol. The van der Waals surface area contributed by atoms with Gasteiger partial charge in [0.1, 0.15) is 17.9 Å². The second kappa shape index (κ2) is 10.7. The van der Waals surface area contributed by atoms with Crippen LogP contribution in [0.3, 0.4) is 0 Å². The number of benzene rings is 1. The summed E-state index contributed by atoms with van der Waals surface area (Å²) in [6, 6.07) is 9.49. The van der Waals surface area contributed by atoms with E-state index >= 15 is 0 Å².